The monoisotopic (exact) mass is 250 g/mol. The fourth-order valence-corrected chi connectivity index (χ4v) is 0.849. The number of nitrogens with two attached hydrogens (primary N) is 1. The largest absolute Gasteiger partial charge is 0.399 e. The van der Waals surface area contributed by atoms with Crippen molar-refractivity contribution in [2.45, 2.75) is 0 Å². The molecule has 0 aliphatic heterocycles. The molecule has 0 saturated heterocycles. The highest BCUT2D eigenvalue weighted by Crippen LogP contribution is 2.10. The number of hydrogen-bond acceptors (Lipinski definition) is 5. The van der Waals surface area contributed by atoms with Crippen molar-refractivity contribution in [2.24, 2.45) is 0 Å². The molecule has 0 atom stereocenters. The fraction of sp³-hybridized carbons (Fsp3) is 0.250. The van der Waals surface area contributed by atoms with Crippen LogP contribution in [0.25, 0.3) is 0 Å². The number of anilines is 2. The topological polar surface area (TPSA) is 133 Å². The molecule has 0 spiro atoms. The van der Waals surface area contributed by atoms with Crippen molar-refractivity contribution in [1.29, 1.82) is 0 Å². The summed E-state index contributed by atoms with van der Waals surface area (Å²) >= 11 is 0. The highest BCUT2D eigenvalue weighted by Gasteiger charge is 1.89. The first-order chi connectivity index (χ1) is 7.33. The van der Waals surface area contributed by atoms with Crippen LogP contribution < -0.4 is 11.1 Å². The third kappa shape index (κ3) is 10.7. The van der Waals surface area contributed by atoms with Crippen LogP contribution in [0.15, 0.2) is 24.3 Å². The molecule has 8 heteroatoms. The second kappa shape index (κ2) is 7.01. The minimum Gasteiger partial charge on any atom is -0.399 e. The van der Waals surface area contributed by atoms with E-state index in [1.165, 1.54) is 0 Å². The Labute approximate surface area is 93.5 Å². The normalized spacial score (nSPS) is 10.2. The zero-order valence-corrected chi connectivity index (χ0v) is 9.18. The quantitative estimate of drug-likeness (QED) is 0.377. The minimum absolute atomic E-state index is 0.134. The zero-order valence-electron chi connectivity index (χ0n) is 8.37. The summed E-state index contributed by atoms with van der Waals surface area (Å²) in [5.41, 5.74) is 7.20. The molecular weight excluding hydrogens is 236 g/mol. The second-order valence-electron chi connectivity index (χ2n) is 2.72. The van der Waals surface area contributed by atoms with E-state index in [2.05, 4.69) is 5.32 Å². The van der Waals surface area contributed by atoms with Crippen LogP contribution in [0, 0.1) is 0 Å². The molecule has 1 aromatic rings. The lowest BCUT2D eigenvalue weighted by Gasteiger charge is -2.03. The first-order valence-corrected chi connectivity index (χ1v) is 5.63. The Bertz CT molecular complexity index is 399. The third-order valence-corrected chi connectivity index (χ3v) is 1.33. The lowest BCUT2D eigenvalue weighted by Crippen LogP contribution is -2.05. The zero-order chi connectivity index (χ0) is 12.6. The Morgan fingerprint density at radius 3 is 2.31 bits per heavy atom. The Kier molecular flexibility index (Phi) is 6.42. The van der Waals surface area contributed by atoms with Gasteiger partial charge in [0.2, 0.25) is 0 Å². The van der Waals surface area contributed by atoms with Crippen LogP contribution in [-0.4, -0.2) is 35.8 Å². The molecular formula is C8H14N2O5S. The molecule has 1 aromatic carbocycles. The van der Waals surface area contributed by atoms with Crippen molar-refractivity contribution in [2.75, 3.05) is 24.2 Å². The molecule has 0 aliphatic rings. The van der Waals surface area contributed by atoms with Gasteiger partial charge in [0, 0.05) is 17.9 Å². The molecule has 0 fully saturated rings. The summed E-state index contributed by atoms with van der Waals surface area (Å²) in [5.74, 6) is 0. The average Bonchev–Trinajstić information content (AvgIpc) is 2.12. The predicted molar refractivity (Wildman–Crippen MR) is 60.6 cm³/mol. The van der Waals surface area contributed by atoms with Gasteiger partial charge in [-0.2, -0.15) is 8.42 Å². The van der Waals surface area contributed by atoms with E-state index in [4.69, 9.17) is 28.4 Å². The molecule has 0 amide bonds. The number of aliphatic hydroxyl groups is 1. The predicted octanol–water partition coefficient (Wildman–Crippen LogP) is 0.0202. The highest BCUT2D eigenvalue weighted by atomic mass is 32.3. The third-order valence-electron chi connectivity index (χ3n) is 1.33. The van der Waals surface area contributed by atoms with Crippen LogP contribution in [0.1, 0.15) is 0 Å². The molecule has 6 N–H and O–H groups in total. The summed E-state index contributed by atoms with van der Waals surface area (Å²) in [7, 11) is -4.67. The number of hydrogen-bond donors (Lipinski definition) is 5. The van der Waals surface area contributed by atoms with Crippen LogP contribution in [0.2, 0.25) is 0 Å². The van der Waals surface area contributed by atoms with Crippen LogP contribution >= 0.6 is 0 Å². The molecule has 0 saturated carbocycles. The molecule has 0 bridgehead atoms. The van der Waals surface area contributed by atoms with Gasteiger partial charge in [-0.1, -0.05) is 6.07 Å². The maximum Gasteiger partial charge on any atom is 0.394 e. The van der Waals surface area contributed by atoms with Gasteiger partial charge >= 0.3 is 10.4 Å². The van der Waals surface area contributed by atoms with Gasteiger partial charge in [0.15, 0.2) is 0 Å². The van der Waals surface area contributed by atoms with Gasteiger partial charge in [-0.05, 0) is 18.2 Å². The molecule has 92 valence electrons. The van der Waals surface area contributed by atoms with E-state index in [9.17, 15) is 0 Å². The lowest BCUT2D eigenvalue weighted by molar-refractivity contribution is 0.311. The van der Waals surface area contributed by atoms with E-state index in [0.717, 1.165) is 11.4 Å². The number of nitrogens with one attached hydrogen (secondary N) is 1. The van der Waals surface area contributed by atoms with Gasteiger partial charge in [0.1, 0.15) is 0 Å². The maximum atomic E-state index is 8.74. The van der Waals surface area contributed by atoms with Crippen molar-refractivity contribution >= 4 is 21.8 Å². The maximum absolute atomic E-state index is 8.74. The van der Waals surface area contributed by atoms with E-state index < -0.39 is 10.4 Å². The van der Waals surface area contributed by atoms with E-state index in [1.54, 1.807) is 0 Å². The molecule has 0 aromatic heterocycles. The van der Waals surface area contributed by atoms with Gasteiger partial charge < -0.3 is 16.2 Å². The molecule has 0 radical (unpaired) electrons. The first-order valence-electron chi connectivity index (χ1n) is 4.23. The number of aliphatic hydroxyl groups excluding tert-OH is 1. The van der Waals surface area contributed by atoms with Gasteiger partial charge in [-0.3, -0.25) is 9.11 Å². The van der Waals surface area contributed by atoms with E-state index >= 15 is 0 Å². The smallest absolute Gasteiger partial charge is 0.394 e. The summed E-state index contributed by atoms with van der Waals surface area (Å²) in [5, 5.41) is 11.5. The molecule has 16 heavy (non-hydrogen) atoms. The van der Waals surface area contributed by atoms with E-state index in [-0.39, 0.29) is 6.61 Å². The minimum atomic E-state index is -4.67. The van der Waals surface area contributed by atoms with Crippen molar-refractivity contribution in [3.05, 3.63) is 24.3 Å². The van der Waals surface area contributed by atoms with Crippen molar-refractivity contribution in [3.8, 4) is 0 Å². The number of nitrogen functional groups attached to an aromatic ring is 1. The first kappa shape index (κ1) is 14.6. The van der Waals surface area contributed by atoms with Gasteiger partial charge in [-0.25, -0.2) is 0 Å². The Hall–Kier alpha value is -1.35. The van der Waals surface area contributed by atoms with Crippen molar-refractivity contribution < 1.29 is 22.6 Å². The van der Waals surface area contributed by atoms with Crippen LogP contribution in [-0.2, 0) is 10.4 Å². The van der Waals surface area contributed by atoms with Crippen LogP contribution in [0.3, 0.4) is 0 Å². The summed E-state index contributed by atoms with van der Waals surface area (Å²) in [6, 6.07) is 7.43. The Morgan fingerprint density at radius 2 is 1.88 bits per heavy atom. The van der Waals surface area contributed by atoms with Crippen LogP contribution in [0.4, 0.5) is 11.4 Å². The highest BCUT2D eigenvalue weighted by molar-refractivity contribution is 7.79. The summed E-state index contributed by atoms with van der Waals surface area (Å²) in [4.78, 5) is 0. The molecule has 1 rings (SSSR count). The standard InChI is InChI=1S/C8H12N2O.H2O4S/c9-7-2-1-3-8(6-7)10-4-5-11;1-5(2,3)4/h1-3,6,10-11H,4-5,9H2;(H2,1,2,3,4). The van der Waals surface area contributed by atoms with Gasteiger partial charge in [-0.15, -0.1) is 0 Å². The molecule has 7 nitrogen and oxygen atoms in total. The van der Waals surface area contributed by atoms with Gasteiger partial charge in [0.05, 0.1) is 6.61 Å². The summed E-state index contributed by atoms with van der Waals surface area (Å²) < 4.78 is 31.6. The second-order valence-corrected chi connectivity index (χ2v) is 3.62. The molecule has 0 aliphatic carbocycles. The summed E-state index contributed by atoms with van der Waals surface area (Å²) in [6.45, 7) is 0.693. The average molecular weight is 250 g/mol. The fourth-order valence-electron chi connectivity index (χ4n) is 0.849. The number of benzene rings is 1. The van der Waals surface area contributed by atoms with Crippen molar-refractivity contribution in [3.63, 3.8) is 0 Å². The van der Waals surface area contributed by atoms with E-state index in [0.29, 0.717) is 6.54 Å². The molecule has 0 unspecified atom stereocenters. The van der Waals surface area contributed by atoms with Crippen molar-refractivity contribution in [1.82, 2.24) is 0 Å². The van der Waals surface area contributed by atoms with Crippen LogP contribution in [0.5, 0.6) is 0 Å². The van der Waals surface area contributed by atoms with E-state index in [1.807, 2.05) is 24.3 Å². The Balaban J connectivity index is 0.000000385. The molecule has 0 heterocycles. The number of rotatable bonds is 3. The summed E-state index contributed by atoms with van der Waals surface area (Å²) in [6.07, 6.45) is 0. The Morgan fingerprint density at radius 1 is 1.31 bits per heavy atom. The SMILES string of the molecule is Nc1cccc(NCCO)c1.O=S(=O)(O)O. The van der Waals surface area contributed by atoms with Gasteiger partial charge in [0.25, 0.3) is 0 Å². The lowest BCUT2D eigenvalue weighted by atomic mass is 10.3.